The average molecular weight is 230 g/mol. The molecule has 1 saturated heterocycles. The van der Waals surface area contributed by atoms with E-state index in [4.69, 9.17) is 0 Å². The van der Waals surface area contributed by atoms with Crippen LogP contribution in [0.3, 0.4) is 0 Å². The van der Waals surface area contributed by atoms with Gasteiger partial charge in [0.05, 0.1) is 17.4 Å². The summed E-state index contributed by atoms with van der Waals surface area (Å²) in [5.74, 6) is 1.14. The maximum absolute atomic E-state index is 4.43. The zero-order valence-electron chi connectivity index (χ0n) is 10.2. The molecule has 0 aliphatic carbocycles. The Bertz CT molecular complexity index is 511. The number of anilines is 1. The van der Waals surface area contributed by atoms with Crippen LogP contribution in [0.25, 0.3) is 5.52 Å². The molecule has 0 spiro atoms. The SMILES string of the molecule is CCc1ncc2ccc(N3CCNCC3)cn12. The molecule has 3 rings (SSSR count). The van der Waals surface area contributed by atoms with Crippen LogP contribution in [0.1, 0.15) is 12.7 Å². The van der Waals surface area contributed by atoms with Crippen molar-refractivity contribution in [2.75, 3.05) is 31.1 Å². The van der Waals surface area contributed by atoms with Crippen LogP contribution in [0.2, 0.25) is 0 Å². The lowest BCUT2D eigenvalue weighted by Gasteiger charge is -2.29. The number of imidazole rings is 1. The molecule has 1 N–H and O–H groups in total. The largest absolute Gasteiger partial charge is 0.368 e. The van der Waals surface area contributed by atoms with Crippen molar-refractivity contribution in [2.24, 2.45) is 0 Å². The summed E-state index contributed by atoms with van der Waals surface area (Å²) >= 11 is 0. The quantitative estimate of drug-likeness (QED) is 0.844. The molecule has 0 amide bonds. The number of aryl methyl sites for hydroxylation is 1. The van der Waals surface area contributed by atoms with Crippen LogP contribution in [0, 0.1) is 0 Å². The second-order valence-corrected chi connectivity index (χ2v) is 4.45. The van der Waals surface area contributed by atoms with Crippen molar-refractivity contribution in [3.8, 4) is 0 Å². The van der Waals surface area contributed by atoms with Crippen molar-refractivity contribution in [2.45, 2.75) is 13.3 Å². The predicted octanol–water partition coefficient (Wildman–Crippen LogP) is 1.31. The molecule has 17 heavy (non-hydrogen) atoms. The van der Waals surface area contributed by atoms with E-state index in [1.807, 2.05) is 6.20 Å². The Hall–Kier alpha value is -1.55. The minimum Gasteiger partial charge on any atom is -0.368 e. The minimum atomic E-state index is 0.971. The molecule has 2 aromatic heterocycles. The fourth-order valence-electron chi connectivity index (χ4n) is 2.40. The summed E-state index contributed by atoms with van der Waals surface area (Å²) in [6.07, 6.45) is 5.13. The van der Waals surface area contributed by atoms with Gasteiger partial charge in [-0.3, -0.25) is 0 Å². The van der Waals surface area contributed by atoms with Gasteiger partial charge < -0.3 is 14.6 Å². The van der Waals surface area contributed by atoms with Gasteiger partial charge in [-0.25, -0.2) is 4.98 Å². The van der Waals surface area contributed by atoms with Crippen molar-refractivity contribution >= 4 is 11.2 Å². The van der Waals surface area contributed by atoms with E-state index in [0.29, 0.717) is 0 Å². The molecule has 1 aliphatic heterocycles. The Kier molecular flexibility index (Phi) is 2.73. The standard InChI is InChI=1S/C13H18N4/c1-2-13-15-9-11-3-4-12(10-17(11)13)16-7-5-14-6-8-16/h3-4,9-10,14H,2,5-8H2,1H3. The monoisotopic (exact) mass is 230 g/mol. The van der Waals surface area contributed by atoms with Crippen LogP contribution in [0.5, 0.6) is 0 Å². The third kappa shape index (κ3) is 1.89. The van der Waals surface area contributed by atoms with E-state index < -0.39 is 0 Å². The highest BCUT2D eigenvalue weighted by atomic mass is 15.2. The Labute approximate surface area is 101 Å². The lowest BCUT2D eigenvalue weighted by molar-refractivity contribution is 0.588. The summed E-state index contributed by atoms with van der Waals surface area (Å²) in [5.41, 5.74) is 2.48. The lowest BCUT2D eigenvalue weighted by atomic mass is 10.3. The molecule has 1 aliphatic rings. The number of nitrogens with zero attached hydrogens (tertiary/aromatic N) is 3. The molecule has 0 radical (unpaired) electrons. The molecule has 0 bridgehead atoms. The van der Waals surface area contributed by atoms with Gasteiger partial charge in [-0.2, -0.15) is 0 Å². The van der Waals surface area contributed by atoms with Crippen molar-refractivity contribution in [3.05, 3.63) is 30.4 Å². The maximum atomic E-state index is 4.43. The average Bonchev–Trinajstić information content (AvgIpc) is 2.81. The summed E-state index contributed by atoms with van der Waals surface area (Å²) < 4.78 is 2.21. The van der Waals surface area contributed by atoms with E-state index in [0.717, 1.165) is 38.4 Å². The summed E-state index contributed by atoms with van der Waals surface area (Å²) in [7, 11) is 0. The molecule has 0 unspecified atom stereocenters. The molecule has 3 heterocycles. The summed E-state index contributed by atoms with van der Waals surface area (Å²) in [6, 6.07) is 4.35. The Morgan fingerprint density at radius 2 is 2.12 bits per heavy atom. The van der Waals surface area contributed by atoms with Crippen molar-refractivity contribution in [1.29, 1.82) is 0 Å². The minimum absolute atomic E-state index is 0.971. The number of pyridine rings is 1. The van der Waals surface area contributed by atoms with E-state index in [9.17, 15) is 0 Å². The zero-order valence-corrected chi connectivity index (χ0v) is 10.2. The number of hydrogen-bond donors (Lipinski definition) is 1. The molecular weight excluding hydrogens is 212 g/mol. The molecular formula is C13H18N4. The van der Waals surface area contributed by atoms with E-state index in [2.05, 4.69) is 44.9 Å². The summed E-state index contributed by atoms with van der Waals surface area (Å²) in [5, 5.41) is 3.38. The van der Waals surface area contributed by atoms with Crippen LogP contribution in [0.4, 0.5) is 5.69 Å². The molecule has 4 heteroatoms. The topological polar surface area (TPSA) is 32.6 Å². The molecule has 1 fully saturated rings. The first-order valence-electron chi connectivity index (χ1n) is 6.30. The van der Waals surface area contributed by atoms with Gasteiger partial charge >= 0.3 is 0 Å². The predicted molar refractivity (Wildman–Crippen MR) is 69.7 cm³/mol. The molecule has 0 aromatic carbocycles. The van der Waals surface area contributed by atoms with Gasteiger partial charge in [-0.1, -0.05) is 6.92 Å². The third-order valence-electron chi connectivity index (χ3n) is 3.39. The Balaban J connectivity index is 1.99. The molecule has 2 aromatic rings. The van der Waals surface area contributed by atoms with E-state index in [1.54, 1.807) is 0 Å². The molecule has 0 saturated carbocycles. The van der Waals surface area contributed by atoms with Gasteiger partial charge in [0.15, 0.2) is 0 Å². The maximum Gasteiger partial charge on any atom is 0.112 e. The van der Waals surface area contributed by atoms with Crippen LogP contribution >= 0.6 is 0 Å². The van der Waals surface area contributed by atoms with Crippen LogP contribution in [0.15, 0.2) is 24.5 Å². The van der Waals surface area contributed by atoms with Gasteiger partial charge in [-0.05, 0) is 12.1 Å². The Morgan fingerprint density at radius 1 is 1.29 bits per heavy atom. The van der Waals surface area contributed by atoms with Gasteiger partial charge in [0.1, 0.15) is 5.82 Å². The molecule has 4 nitrogen and oxygen atoms in total. The highest BCUT2D eigenvalue weighted by molar-refractivity contribution is 5.55. The van der Waals surface area contributed by atoms with Gasteiger partial charge in [-0.15, -0.1) is 0 Å². The smallest absolute Gasteiger partial charge is 0.112 e. The molecule has 0 atom stereocenters. The molecule has 90 valence electrons. The second kappa shape index (κ2) is 4.37. The van der Waals surface area contributed by atoms with Crippen molar-refractivity contribution in [1.82, 2.24) is 14.7 Å². The van der Waals surface area contributed by atoms with Gasteiger partial charge in [0.2, 0.25) is 0 Å². The zero-order chi connectivity index (χ0) is 11.7. The van der Waals surface area contributed by atoms with Crippen molar-refractivity contribution < 1.29 is 0 Å². The number of nitrogens with one attached hydrogen (secondary N) is 1. The number of aromatic nitrogens is 2. The van der Waals surface area contributed by atoms with E-state index >= 15 is 0 Å². The highest BCUT2D eigenvalue weighted by Gasteiger charge is 2.11. The second-order valence-electron chi connectivity index (χ2n) is 4.45. The number of piperazine rings is 1. The first-order valence-corrected chi connectivity index (χ1v) is 6.30. The summed E-state index contributed by atoms with van der Waals surface area (Å²) in [6.45, 7) is 6.46. The number of fused-ring (bicyclic) bond motifs is 1. The van der Waals surface area contributed by atoms with Gasteiger partial charge in [0, 0.05) is 38.8 Å². The fourth-order valence-corrected chi connectivity index (χ4v) is 2.40. The lowest BCUT2D eigenvalue weighted by Crippen LogP contribution is -2.43. The number of rotatable bonds is 2. The number of hydrogen-bond acceptors (Lipinski definition) is 3. The Morgan fingerprint density at radius 3 is 2.88 bits per heavy atom. The van der Waals surface area contributed by atoms with E-state index in [1.165, 1.54) is 11.2 Å². The third-order valence-corrected chi connectivity index (χ3v) is 3.39. The van der Waals surface area contributed by atoms with Crippen LogP contribution in [-0.2, 0) is 6.42 Å². The fraction of sp³-hybridized carbons (Fsp3) is 0.462. The van der Waals surface area contributed by atoms with E-state index in [-0.39, 0.29) is 0 Å². The normalized spacial score (nSPS) is 16.6. The van der Waals surface area contributed by atoms with Crippen molar-refractivity contribution in [3.63, 3.8) is 0 Å². The highest BCUT2D eigenvalue weighted by Crippen LogP contribution is 2.18. The summed E-state index contributed by atoms with van der Waals surface area (Å²) in [4.78, 5) is 6.86. The first-order chi connectivity index (χ1) is 8.38. The van der Waals surface area contributed by atoms with Crippen LogP contribution < -0.4 is 10.2 Å². The van der Waals surface area contributed by atoms with Gasteiger partial charge in [0.25, 0.3) is 0 Å². The van der Waals surface area contributed by atoms with Crippen LogP contribution in [-0.4, -0.2) is 35.6 Å². The first kappa shape index (κ1) is 10.6.